The van der Waals surface area contributed by atoms with E-state index in [1.54, 1.807) is 48.7 Å². The van der Waals surface area contributed by atoms with E-state index >= 15 is 0 Å². The Morgan fingerprint density at radius 1 is 0.720 bits per heavy atom. The molecule has 25 heavy (non-hydrogen) atoms. The van der Waals surface area contributed by atoms with Crippen LogP contribution in [0.5, 0.6) is 0 Å². The number of nitrogens with zero attached hydrogens (tertiary/aromatic N) is 1. The van der Waals surface area contributed by atoms with Crippen LogP contribution in [0.4, 0.5) is 11.4 Å². The number of H-pyrrole nitrogens is 1. The summed E-state index contributed by atoms with van der Waals surface area (Å²) in [6.45, 7) is 0. The number of aromatic amines is 1. The Morgan fingerprint density at radius 2 is 1.32 bits per heavy atom. The largest absolute Gasteiger partial charge is 0.359 e. The molecule has 0 saturated heterocycles. The summed E-state index contributed by atoms with van der Waals surface area (Å²) < 4.78 is 28.2. The number of sulfonamides is 1. The van der Waals surface area contributed by atoms with E-state index in [0.29, 0.717) is 11.4 Å². The van der Waals surface area contributed by atoms with Crippen molar-refractivity contribution in [2.24, 2.45) is 0 Å². The lowest BCUT2D eigenvalue weighted by atomic mass is 10.2. The van der Waals surface area contributed by atoms with Crippen LogP contribution in [-0.2, 0) is 10.0 Å². The van der Waals surface area contributed by atoms with E-state index in [2.05, 4.69) is 4.98 Å². The van der Waals surface area contributed by atoms with E-state index < -0.39 is 10.0 Å². The minimum atomic E-state index is -3.76. The first-order chi connectivity index (χ1) is 12.2. The number of nitrogens with one attached hydrogen (secondary N) is 1. The van der Waals surface area contributed by atoms with Crippen LogP contribution in [0.1, 0.15) is 0 Å². The molecule has 4 nitrogen and oxygen atoms in total. The molecule has 0 saturated carbocycles. The van der Waals surface area contributed by atoms with Gasteiger partial charge in [-0.2, -0.15) is 0 Å². The second kappa shape index (κ2) is 6.11. The van der Waals surface area contributed by atoms with E-state index in [0.717, 1.165) is 10.9 Å². The van der Waals surface area contributed by atoms with Crippen LogP contribution >= 0.6 is 0 Å². The first-order valence-corrected chi connectivity index (χ1v) is 9.33. The van der Waals surface area contributed by atoms with Crippen molar-refractivity contribution in [3.63, 3.8) is 0 Å². The summed E-state index contributed by atoms with van der Waals surface area (Å²) in [5, 5.41) is 0.853. The fourth-order valence-electron chi connectivity index (χ4n) is 2.89. The van der Waals surface area contributed by atoms with Gasteiger partial charge in [0.25, 0.3) is 10.0 Å². The third-order valence-electron chi connectivity index (χ3n) is 4.06. The third kappa shape index (κ3) is 2.68. The fraction of sp³-hybridized carbons (Fsp3) is 0. The molecule has 0 amide bonds. The number of anilines is 2. The standard InChI is InChI=1S/C20H16N2O2S/c23-25(24,17-11-5-2-6-12-17)22(16-9-3-1-4-10-16)20-15-21-19-14-8-7-13-18(19)20/h1-15,21H. The lowest BCUT2D eigenvalue weighted by molar-refractivity contribution is 0.596. The maximum Gasteiger partial charge on any atom is 0.268 e. The van der Waals surface area contributed by atoms with E-state index in [1.807, 2.05) is 42.5 Å². The van der Waals surface area contributed by atoms with Gasteiger partial charge in [0, 0.05) is 17.1 Å². The molecule has 0 aliphatic rings. The second-order valence-electron chi connectivity index (χ2n) is 5.64. The first-order valence-electron chi connectivity index (χ1n) is 7.89. The van der Waals surface area contributed by atoms with Crippen molar-refractivity contribution < 1.29 is 8.42 Å². The van der Waals surface area contributed by atoms with Crippen LogP contribution in [0.3, 0.4) is 0 Å². The highest BCUT2D eigenvalue weighted by atomic mass is 32.2. The van der Waals surface area contributed by atoms with E-state index in [9.17, 15) is 8.42 Å². The number of aromatic nitrogens is 1. The van der Waals surface area contributed by atoms with E-state index in [4.69, 9.17) is 0 Å². The van der Waals surface area contributed by atoms with Gasteiger partial charge in [-0.1, -0.05) is 54.6 Å². The molecule has 1 heterocycles. The van der Waals surface area contributed by atoms with E-state index in [1.165, 1.54) is 4.31 Å². The van der Waals surface area contributed by atoms with Crippen LogP contribution in [0.15, 0.2) is 96.0 Å². The molecule has 124 valence electrons. The molecular weight excluding hydrogens is 332 g/mol. The van der Waals surface area contributed by atoms with Gasteiger partial charge in [-0.3, -0.25) is 0 Å². The molecule has 0 aliphatic heterocycles. The van der Waals surface area contributed by atoms with Crippen LogP contribution in [0.2, 0.25) is 0 Å². The van der Waals surface area contributed by atoms with Gasteiger partial charge in [0.1, 0.15) is 0 Å². The summed E-state index contributed by atoms with van der Waals surface area (Å²) in [5.74, 6) is 0. The quantitative estimate of drug-likeness (QED) is 0.581. The Kier molecular flexibility index (Phi) is 3.78. The second-order valence-corrected chi connectivity index (χ2v) is 7.42. The highest BCUT2D eigenvalue weighted by Gasteiger charge is 2.28. The van der Waals surface area contributed by atoms with Crippen LogP contribution in [-0.4, -0.2) is 13.4 Å². The molecule has 4 rings (SSSR count). The average molecular weight is 348 g/mol. The zero-order valence-electron chi connectivity index (χ0n) is 13.3. The fourth-order valence-corrected chi connectivity index (χ4v) is 4.41. The number of para-hydroxylation sites is 2. The van der Waals surface area contributed by atoms with Crippen molar-refractivity contribution in [3.8, 4) is 0 Å². The van der Waals surface area contributed by atoms with Gasteiger partial charge in [0.2, 0.25) is 0 Å². The van der Waals surface area contributed by atoms with Gasteiger partial charge >= 0.3 is 0 Å². The minimum Gasteiger partial charge on any atom is -0.359 e. The molecule has 4 aromatic rings. The Bertz CT molecular complexity index is 1100. The molecule has 0 unspecified atom stereocenters. The van der Waals surface area contributed by atoms with Crippen molar-refractivity contribution in [1.82, 2.24) is 4.98 Å². The third-order valence-corrected chi connectivity index (χ3v) is 5.81. The summed E-state index contributed by atoms with van der Waals surface area (Å²) in [7, 11) is -3.76. The summed E-state index contributed by atoms with van der Waals surface area (Å²) in [6.07, 6.45) is 1.73. The molecule has 0 spiro atoms. The molecule has 0 fully saturated rings. The van der Waals surface area contributed by atoms with E-state index in [-0.39, 0.29) is 4.90 Å². The predicted molar refractivity (Wildman–Crippen MR) is 101 cm³/mol. The van der Waals surface area contributed by atoms with Gasteiger partial charge in [-0.25, -0.2) is 12.7 Å². The Hall–Kier alpha value is -3.05. The smallest absolute Gasteiger partial charge is 0.268 e. The molecule has 0 aliphatic carbocycles. The Balaban J connectivity index is 1.98. The van der Waals surface area contributed by atoms with Crippen LogP contribution in [0.25, 0.3) is 10.9 Å². The van der Waals surface area contributed by atoms with Gasteiger partial charge in [-0.15, -0.1) is 0 Å². The number of hydrogen-bond donors (Lipinski definition) is 1. The molecule has 0 radical (unpaired) electrons. The van der Waals surface area contributed by atoms with Crippen LogP contribution < -0.4 is 4.31 Å². The SMILES string of the molecule is O=S(=O)(c1ccccc1)N(c1ccccc1)c1c[nH]c2ccccc12. The number of hydrogen-bond acceptors (Lipinski definition) is 2. The van der Waals surface area contributed by atoms with Crippen molar-refractivity contribution in [2.75, 3.05) is 4.31 Å². The van der Waals surface area contributed by atoms with Gasteiger partial charge < -0.3 is 4.98 Å². The molecule has 0 bridgehead atoms. The molecule has 5 heteroatoms. The normalized spacial score (nSPS) is 11.5. The maximum atomic E-state index is 13.4. The van der Waals surface area contributed by atoms with Gasteiger partial charge in [0.05, 0.1) is 16.3 Å². The van der Waals surface area contributed by atoms with Crippen molar-refractivity contribution in [1.29, 1.82) is 0 Å². The Morgan fingerprint density at radius 3 is 2.04 bits per heavy atom. The molecule has 1 aromatic heterocycles. The van der Waals surface area contributed by atoms with Crippen LogP contribution in [0, 0.1) is 0 Å². The molecular formula is C20H16N2O2S. The summed E-state index contributed by atoms with van der Waals surface area (Å²) in [4.78, 5) is 3.41. The monoisotopic (exact) mass is 348 g/mol. The van der Waals surface area contributed by atoms with Crippen molar-refractivity contribution in [3.05, 3.63) is 91.1 Å². The zero-order valence-corrected chi connectivity index (χ0v) is 14.1. The summed E-state index contributed by atoms with van der Waals surface area (Å²) >= 11 is 0. The molecule has 0 atom stereocenters. The molecule has 1 N–H and O–H groups in total. The lowest BCUT2D eigenvalue weighted by Gasteiger charge is -2.24. The first kappa shape index (κ1) is 15.5. The summed E-state index contributed by atoms with van der Waals surface area (Å²) in [6, 6.07) is 25.3. The molecule has 3 aromatic carbocycles. The average Bonchev–Trinajstić information content (AvgIpc) is 3.07. The van der Waals surface area contributed by atoms with Crippen molar-refractivity contribution >= 4 is 32.3 Å². The van der Waals surface area contributed by atoms with Crippen molar-refractivity contribution in [2.45, 2.75) is 4.90 Å². The topological polar surface area (TPSA) is 53.2 Å². The number of fused-ring (bicyclic) bond motifs is 1. The van der Waals surface area contributed by atoms with Gasteiger partial charge in [-0.05, 0) is 30.3 Å². The highest BCUT2D eigenvalue weighted by molar-refractivity contribution is 7.93. The number of benzene rings is 3. The predicted octanol–water partition coefficient (Wildman–Crippen LogP) is 4.69. The summed E-state index contributed by atoms with van der Waals surface area (Å²) in [5.41, 5.74) is 2.09. The lowest BCUT2D eigenvalue weighted by Crippen LogP contribution is -2.26. The maximum absolute atomic E-state index is 13.4. The van der Waals surface area contributed by atoms with Gasteiger partial charge in [0.15, 0.2) is 0 Å². The minimum absolute atomic E-state index is 0.254. The zero-order chi connectivity index (χ0) is 17.3. The Labute approximate surface area is 146 Å². The number of rotatable bonds is 4. The highest BCUT2D eigenvalue weighted by Crippen LogP contribution is 2.36.